The number of nitrogens with zero attached hydrogens (tertiary/aromatic N) is 2. The van der Waals surface area contributed by atoms with Crippen molar-refractivity contribution in [3.8, 4) is 0 Å². The normalized spacial score (nSPS) is 11.5. The lowest BCUT2D eigenvalue weighted by Crippen LogP contribution is -2.37. The fourth-order valence-electron chi connectivity index (χ4n) is 2.91. The summed E-state index contributed by atoms with van der Waals surface area (Å²) in [5.41, 5.74) is 2.98. The van der Waals surface area contributed by atoms with Gasteiger partial charge in [-0.2, -0.15) is 0 Å². The van der Waals surface area contributed by atoms with Crippen molar-refractivity contribution in [2.24, 2.45) is 0 Å². The number of rotatable bonds is 7. The average molecular weight is 376 g/mol. The minimum absolute atomic E-state index is 0.0536. The second-order valence-corrected chi connectivity index (χ2v) is 7.77. The molecular formula is C20H26FN3OS. The van der Waals surface area contributed by atoms with E-state index in [1.54, 1.807) is 12.1 Å². The summed E-state index contributed by atoms with van der Waals surface area (Å²) in [6.45, 7) is 8.13. The lowest BCUT2D eigenvalue weighted by atomic mass is 9.84. The molecule has 0 aliphatic heterocycles. The molecule has 2 aromatic rings. The Morgan fingerprint density at radius 2 is 1.81 bits per heavy atom. The molecule has 0 unspecified atom stereocenters. The van der Waals surface area contributed by atoms with Gasteiger partial charge in [-0.25, -0.2) is 14.4 Å². The van der Waals surface area contributed by atoms with E-state index in [-0.39, 0.29) is 11.7 Å². The zero-order chi connectivity index (χ0) is 19.3. The molecule has 0 spiro atoms. The van der Waals surface area contributed by atoms with Crippen molar-refractivity contribution >= 4 is 17.7 Å². The van der Waals surface area contributed by atoms with Crippen LogP contribution in [0.25, 0.3) is 0 Å². The number of nitrogens with one attached hydrogen (secondary N) is 1. The van der Waals surface area contributed by atoms with Crippen LogP contribution in [0.1, 0.15) is 42.8 Å². The maximum absolute atomic E-state index is 14.0. The van der Waals surface area contributed by atoms with Gasteiger partial charge in [0.2, 0.25) is 5.91 Å². The predicted octanol–water partition coefficient (Wildman–Crippen LogP) is 3.98. The molecule has 1 amide bonds. The summed E-state index contributed by atoms with van der Waals surface area (Å²) < 4.78 is 14.0. The van der Waals surface area contributed by atoms with Crippen molar-refractivity contribution in [3.63, 3.8) is 0 Å². The third kappa shape index (κ3) is 5.04. The first-order chi connectivity index (χ1) is 12.2. The predicted molar refractivity (Wildman–Crippen MR) is 104 cm³/mol. The summed E-state index contributed by atoms with van der Waals surface area (Å²) in [7, 11) is 0. The van der Waals surface area contributed by atoms with Crippen molar-refractivity contribution < 1.29 is 9.18 Å². The smallest absolute Gasteiger partial charge is 0.220 e. The van der Waals surface area contributed by atoms with Crippen LogP contribution < -0.4 is 5.32 Å². The Morgan fingerprint density at radius 1 is 1.19 bits per heavy atom. The van der Waals surface area contributed by atoms with Crippen molar-refractivity contribution in [2.45, 2.75) is 51.1 Å². The van der Waals surface area contributed by atoms with E-state index in [1.807, 2.05) is 40.0 Å². The molecule has 1 N–H and O–H groups in total. The number of carbonyl (C=O) groups excluding carboxylic acids is 1. The summed E-state index contributed by atoms with van der Waals surface area (Å²) >= 11 is 1.51. The molecule has 0 atom stereocenters. The van der Waals surface area contributed by atoms with Gasteiger partial charge in [-0.3, -0.25) is 4.79 Å². The Bertz CT molecular complexity index is 769. The molecule has 2 rings (SSSR count). The lowest BCUT2D eigenvalue weighted by Gasteiger charge is -2.26. The van der Waals surface area contributed by atoms with Crippen LogP contribution in [0.3, 0.4) is 0 Å². The molecule has 0 saturated carbocycles. The highest BCUT2D eigenvalue weighted by molar-refractivity contribution is 7.98. The van der Waals surface area contributed by atoms with Gasteiger partial charge < -0.3 is 5.32 Å². The number of benzene rings is 1. The van der Waals surface area contributed by atoms with Crippen molar-refractivity contribution in [3.05, 3.63) is 52.6 Å². The van der Waals surface area contributed by atoms with E-state index >= 15 is 0 Å². The first-order valence-corrected chi connectivity index (χ1v) is 9.87. The first kappa shape index (κ1) is 20.4. The quantitative estimate of drug-likeness (QED) is 0.587. The minimum Gasteiger partial charge on any atom is -0.355 e. The second-order valence-electron chi connectivity index (χ2n) is 7.00. The van der Waals surface area contributed by atoms with Crippen LogP contribution in [0.15, 0.2) is 29.4 Å². The SMILES string of the molecule is CSc1nc(C)c(CCC(=O)NCC(C)(C)c2ccccc2F)c(C)n1. The van der Waals surface area contributed by atoms with Gasteiger partial charge in [-0.1, -0.05) is 43.8 Å². The van der Waals surface area contributed by atoms with Crippen LogP contribution >= 0.6 is 11.8 Å². The number of aryl methyl sites for hydroxylation is 2. The Balaban J connectivity index is 1.95. The fourth-order valence-corrected chi connectivity index (χ4v) is 3.37. The maximum atomic E-state index is 14.0. The average Bonchev–Trinajstić information content (AvgIpc) is 2.59. The standard InChI is InChI=1S/C20H26FN3OS/c1-13-15(14(2)24-19(23-13)26-5)10-11-18(25)22-12-20(3,4)16-8-6-7-9-17(16)21/h6-9H,10-12H2,1-5H3,(H,22,25). The molecular weight excluding hydrogens is 349 g/mol. The van der Waals surface area contributed by atoms with Gasteiger partial charge in [-0.05, 0) is 43.7 Å². The number of aromatic nitrogens is 2. The summed E-state index contributed by atoms with van der Waals surface area (Å²) in [4.78, 5) is 21.2. The molecule has 0 saturated heterocycles. The largest absolute Gasteiger partial charge is 0.355 e. The van der Waals surface area contributed by atoms with Crippen LogP contribution in [0.5, 0.6) is 0 Å². The van der Waals surface area contributed by atoms with Crippen LogP contribution in [0, 0.1) is 19.7 Å². The Morgan fingerprint density at radius 3 is 2.38 bits per heavy atom. The zero-order valence-electron chi connectivity index (χ0n) is 16.0. The maximum Gasteiger partial charge on any atom is 0.220 e. The molecule has 1 aromatic carbocycles. The highest BCUT2D eigenvalue weighted by Crippen LogP contribution is 2.25. The third-order valence-corrected chi connectivity index (χ3v) is 5.06. The third-order valence-electron chi connectivity index (χ3n) is 4.52. The molecule has 0 aliphatic rings. The molecule has 0 aliphatic carbocycles. The number of amides is 1. The number of thioether (sulfide) groups is 1. The Hall–Kier alpha value is -1.95. The van der Waals surface area contributed by atoms with E-state index < -0.39 is 5.41 Å². The molecule has 26 heavy (non-hydrogen) atoms. The van der Waals surface area contributed by atoms with Crippen LogP contribution in [0.4, 0.5) is 4.39 Å². The zero-order valence-corrected chi connectivity index (χ0v) is 16.8. The van der Waals surface area contributed by atoms with Gasteiger partial charge in [0.15, 0.2) is 5.16 Å². The van der Waals surface area contributed by atoms with E-state index in [1.165, 1.54) is 17.8 Å². The number of carbonyl (C=O) groups is 1. The van der Waals surface area contributed by atoms with Gasteiger partial charge in [-0.15, -0.1) is 0 Å². The highest BCUT2D eigenvalue weighted by atomic mass is 32.2. The van der Waals surface area contributed by atoms with Crippen molar-refractivity contribution in [1.82, 2.24) is 15.3 Å². The van der Waals surface area contributed by atoms with Gasteiger partial charge in [0.1, 0.15) is 5.82 Å². The Kier molecular flexibility index (Phi) is 6.75. The van der Waals surface area contributed by atoms with Crippen molar-refractivity contribution in [1.29, 1.82) is 0 Å². The van der Waals surface area contributed by atoms with Crippen molar-refractivity contribution in [2.75, 3.05) is 12.8 Å². The number of halogens is 1. The van der Waals surface area contributed by atoms with Gasteiger partial charge in [0, 0.05) is 29.8 Å². The summed E-state index contributed by atoms with van der Waals surface area (Å²) in [6, 6.07) is 6.69. The molecule has 6 heteroatoms. The topological polar surface area (TPSA) is 54.9 Å². The summed E-state index contributed by atoms with van der Waals surface area (Å²) in [5, 5.41) is 3.68. The van der Waals surface area contributed by atoms with E-state index in [4.69, 9.17) is 0 Å². The van der Waals surface area contributed by atoms with Crippen LogP contribution in [0.2, 0.25) is 0 Å². The molecule has 4 nitrogen and oxygen atoms in total. The summed E-state index contributed by atoms with van der Waals surface area (Å²) in [6.07, 6.45) is 2.90. The van der Waals surface area contributed by atoms with E-state index in [0.29, 0.717) is 24.9 Å². The van der Waals surface area contributed by atoms with E-state index in [9.17, 15) is 9.18 Å². The number of hydrogen-bond acceptors (Lipinski definition) is 4. The van der Waals surface area contributed by atoms with Gasteiger partial charge in [0.25, 0.3) is 0 Å². The van der Waals surface area contributed by atoms with Gasteiger partial charge in [0.05, 0.1) is 0 Å². The monoisotopic (exact) mass is 375 g/mol. The molecule has 1 heterocycles. The molecule has 0 fully saturated rings. The van der Waals surface area contributed by atoms with Crippen LogP contribution in [-0.2, 0) is 16.6 Å². The van der Waals surface area contributed by atoms with E-state index in [2.05, 4.69) is 15.3 Å². The number of hydrogen-bond donors (Lipinski definition) is 1. The van der Waals surface area contributed by atoms with Gasteiger partial charge >= 0.3 is 0 Å². The summed E-state index contributed by atoms with van der Waals surface area (Å²) in [5.74, 6) is -0.300. The van der Waals surface area contributed by atoms with E-state index in [0.717, 1.165) is 22.1 Å². The fraction of sp³-hybridized carbons (Fsp3) is 0.450. The first-order valence-electron chi connectivity index (χ1n) is 8.64. The second kappa shape index (κ2) is 8.62. The molecule has 0 bridgehead atoms. The molecule has 140 valence electrons. The molecule has 1 aromatic heterocycles. The highest BCUT2D eigenvalue weighted by Gasteiger charge is 2.24. The van der Waals surface area contributed by atoms with Crippen LogP contribution in [-0.4, -0.2) is 28.7 Å². The lowest BCUT2D eigenvalue weighted by molar-refractivity contribution is -0.121. The minimum atomic E-state index is -0.476. The molecule has 0 radical (unpaired) electrons. The Labute approximate surface area is 159 Å².